The lowest BCUT2D eigenvalue weighted by Gasteiger charge is -2.26. The van der Waals surface area contributed by atoms with E-state index in [0.717, 1.165) is 44.9 Å². The standard InChI is InChI=1S/C16H21ClN4O2/c1-12-15(21-11-13(17)3-4-14(21)19-12)16(22)18-5-2-6-20-7-9-23-10-8-20/h3-4,11H,2,5-10H2,1H3,(H,18,22). The number of nitrogens with zero attached hydrogens (tertiary/aromatic N) is 3. The maximum atomic E-state index is 12.5. The fourth-order valence-electron chi connectivity index (χ4n) is 2.82. The summed E-state index contributed by atoms with van der Waals surface area (Å²) >= 11 is 6.02. The van der Waals surface area contributed by atoms with Crippen molar-refractivity contribution >= 4 is 23.2 Å². The number of halogens is 1. The monoisotopic (exact) mass is 336 g/mol. The molecule has 0 aromatic carbocycles. The molecule has 7 heteroatoms. The van der Waals surface area contributed by atoms with Gasteiger partial charge in [-0.05, 0) is 32.0 Å². The molecule has 1 aliphatic heterocycles. The van der Waals surface area contributed by atoms with Crippen molar-refractivity contribution in [2.24, 2.45) is 0 Å². The number of aryl methyl sites for hydroxylation is 1. The third kappa shape index (κ3) is 3.83. The van der Waals surface area contributed by atoms with E-state index in [-0.39, 0.29) is 5.91 Å². The summed E-state index contributed by atoms with van der Waals surface area (Å²) in [7, 11) is 0. The van der Waals surface area contributed by atoms with Gasteiger partial charge >= 0.3 is 0 Å². The van der Waals surface area contributed by atoms with E-state index in [1.165, 1.54) is 0 Å². The van der Waals surface area contributed by atoms with Crippen molar-refractivity contribution < 1.29 is 9.53 Å². The Morgan fingerprint density at radius 1 is 1.39 bits per heavy atom. The summed E-state index contributed by atoms with van der Waals surface area (Å²) < 4.78 is 7.07. The number of pyridine rings is 1. The number of morpholine rings is 1. The Kier molecular flexibility index (Phi) is 5.15. The summed E-state index contributed by atoms with van der Waals surface area (Å²) in [5.74, 6) is -0.112. The molecule has 1 saturated heterocycles. The minimum atomic E-state index is -0.112. The number of ether oxygens (including phenoxy) is 1. The van der Waals surface area contributed by atoms with Gasteiger partial charge in [0.2, 0.25) is 0 Å². The number of amides is 1. The van der Waals surface area contributed by atoms with E-state index in [4.69, 9.17) is 16.3 Å². The van der Waals surface area contributed by atoms with Crippen molar-refractivity contribution in [2.75, 3.05) is 39.4 Å². The predicted octanol–water partition coefficient (Wildman–Crippen LogP) is 1.75. The van der Waals surface area contributed by atoms with Crippen LogP contribution in [0.4, 0.5) is 0 Å². The van der Waals surface area contributed by atoms with Gasteiger partial charge in [0, 0.05) is 25.8 Å². The summed E-state index contributed by atoms with van der Waals surface area (Å²) in [5, 5.41) is 3.56. The minimum Gasteiger partial charge on any atom is -0.379 e. The van der Waals surface area contributed by atoms with Gasteiger partial charge in [-0.25, -0.2) is 4.98 Å². The first-order valence-electron chi connectivity index (χ1n) is 7.87. The molecule has 0 atom stereocenters. The van der Waals surface area contributed by atoms with Gasteiger partial charge in [-0.1, -0.05) is 11.6 Å². The molecule has 0 unspecified atom stereocenters. The third-order valence-corrected chi connectivity index (χ3v) is 4.24. The van der Waals surface area contributed by atoms with Gasteiger partial charge in [0.05, 0.1) is 23.9 Å². The van der Waals surface area contributed by atoms with E-state index in [9.17, 15) is 4.79 Å². The third-order valence-electron chi connectivity index (χ3n) is 4.01. The molecule has 23 heavy (non-hydrogen) atoms. The molecule has 124 valence electrons. The van der Waals surface area contributed by atoms with Crippen LogP contribution in [-0.2, 0) is 4.74 Å². The normalized spacial score (nSPS) is 15.9. The first-order chi connectivity index (χ1) is 11.1. The number of carbonyl (C=O) groups excluding carboxylic acids is 1. The Bertz CT molecular complexity index is 695. The Morgan fingerprint density at radius 2 is 2.17 bits per heavy atom. The van der Waals surface area contributed by atoms with Crippen molar-refractivity contribution in [3.05, 3.63) is 34.7 Å². The highest BCUT2D eigenvalue weighted by atomic mass is 35.5. The van der Waals surface area contributed by atoms with Crippen molar-refractivity contribution in [3.8, 4) is 0 Å². The van der Waals surface area contributed by atoms with E-state index in [2.05, 4.69) is 15.2 Å². The van der Waals surface area contributed by atoms with Gasteiger partial charge in [0.1, 0.15) is 11.3 Å². The molecule has 1 amide bonds. The second kappa shape index (κ2) is 7.29. The zero-order valence-corrected chi connectivity index (χ0v) is 14.0. The fraction of sp³-hybridized carbons (Fsp3) is 0.500. The maximum Gasteiger partial charge on any atom is 0.270 e. The van der Waals surface area contributed by atoms with Crippen molar-refractivity contribution in [1.82, 2.24) is 19.6 Å². The smallest absolute Gasteiger partial charge is 0.270 e. The van der Waals surface area contributed by atoms with Gasteiger partial charge in [0.25, 0.3) is 5.91 Å². The van der Waals surface area contributed by atoms with E-state index in [0.29, 0.717) is 23.0 Å². The van der Waals surface area contributed by atoms with Gasteiger partial charge in [-0.2, -0.15) is 0 Å². The van der Waals surface area contributed by atoms with Crippen LogP contribution in [0.5, 0.6) is 0 Å². The fourth-order valence-corrected chi connectivity index (χ4v) is 2.98. The number of carbonyl (C=O) groups is 1. The summed E-state index contributed by atoms with van der Waals surface area (Å²) in [4.78, 5) is 19.2. The highest BCUT2D eigenvalue weighted by Crippen LogP contribution is 2.16. The van der Waals surface area contributed by atoms with E-state index in [1.807, 2.05) is 13.0 Å². The molecule has 0 bridgehead atoms. The molecular weight excluding hydrogens is 316 g/mol. The van der Waals surface area contributed by atoms with E-state index >= 15 is 0 Å². The Morgan fingerprint density at radius 3 is 2.96 bits per heavy atom. The number of rotatable bonds is 5. The number of fused-ring (bicyclic) bond motifs is 1. The van der Waals surface area contributed by atoms with Crippen LogP contribution in [0.3, 0.4) is 0 Å². The molecule has 0 aliphatic carbocycles. The van der Waals surface area contributed by atoms with Crippen LogP contribution in [0.25, 0.3) is 5.65 Å². The molecule has 0 saturated carbocycles. The molecule has 3 heterocycles. The molecule has 6 nitrogen and oxygen atoms in total. The highest BCUT2D eigenvalue weighted by molar-refractivity contribution is 6.30. The highest BCUT2D eigenvalue weighted by Gasteiger charge is 2.16. The van der Waals surface area contributed by atoms with Crippen LogP contribution in [0.15, 0.2) is 18.3 Å². The van der Waals surface area contributed by atoms with Gasteiger partial charge in [-0.15, -0.1) is 0 Å². The Hall–Kier alpha value is -1.63. The number of imidazole rings is 1. The van der Waals surface area contributed by atoms with Crippen LogP contribution < -0.4 is 5.32 Å². The number of aromatic nitrogens is 2. The van der Waals surface area contributed by atoms with Crippen molar-refractivity contribution in [2.45, 2.75) is 13.3 Å². The van der Waals surface area contributed by atoms with Crippen LogP contribution >= 0.6 is 11.6 Å². The van der Waals surface area contributed by atoms with Crippen LogP contribution in [0, 0.1) is 6.92 Å². The summed E-state index contributed by atoms with van der Waals surface area (Å²) in [6.45, 7) is 6.99. The van der Waals surface area contributed by atoms with Crippen LogP contribution in [0.2, 0.25) is 5.02 Å². The molecule has 1 aliphatic rings. The van der Waals surface area contributed by atoms with Gasteiger partial charge < -0.3 is 10.1 Å². The number of nitrogens with one attached hydrogen (secondary N) is 1. The quantitative estimate of drug-likeness (QED) is 0.845. The van der Waals surface area contributed by atoms with Crippen LogP contribution in [-0.4, -0.2) is 59.6 Å². The lowest BCUT2D eigenvalue weighted by molar-refractivity contribution is 0.0374. The zero-order chi connectivity index (χ0) is 16.2. The largest absolute Gasteiger partial charge is 0.379 e. The summed E-state index contributed by atoms with van der Waals surface area (Å²) in [6.07, 6.45) is 2.64. The molecule has 1 N–H and O–H groups in total. The average Bonchev–Trinajstić information content (AvgIpc) is 2.87. The van der Waals surface area contributed by atoms with E-state index in [1.54, 1.807) is 16.7 Å². The summed E-state index contributed by atoms with van der Waals surface area (Å²) in [6, 6.07) is 3.58. The van der Waals surface area contributed by atoms with Gasteiger partial charge in [-0.3, -0.25) is 14.1 Å². The SMILES string of the molecule is Cc1nc2ccc(Cl)cn2c1C(=O)NCCCN1CCOCC1. The van der Waals surface area contributed by atoms with Gasteiger partial charge in [0.15, 0.2) is 0 Å². The molecule has 0 spiro atoms. The van der Waals surface area contributed by atoms with Crippen molar-refractivity contribution in [3.63, 3.8) is 0 Å². The predicted molar refractivity (Wildman–Crippen MR) is 89.1 cm³/mol. The molecule has 0 radical (unpaired) electrons. The second-order valence-corrected chi connectivity index (χ2v) is 6.12. The lowest BCUT2D eigenvalue weighted by atomic mass is 10.3. The van der Waals surface area contributed by atoms with Crippen LogP contribution in [0.1, 0.15) is 22.6 Å². The second-order valence-electron chi connectivity index (χ2n) is 5.68. The molecule has 1 fully saturated rings. The maximum absolute atomic E-state index is 12.5. The lowest BCUT2D eigenvalue weighted by Crippen LogP contribution is -2.38. The molecule has 2 aromatic rings. The van der Waals surface area contributed by atoms with Crippen molar-refractivity contribution in [1.29, 1.82) is 0 Å². The topological polar surface area (TPSA) is 58.9 Å². The zero-order valence-electron chi connectivity index (χ0n) is 13.2. The molecule has 3 rings (SSSR count). The number of hydrogen-bond donors (Lipinski definition) is 1. The molecule has 2 aromatic heterocycles. The van der Waals surface area contributed by atoms with E-state index < -0.39 is 0 Å². The molecular formula is C16H21ClN4O2. The first-order valence-corrected chi connectivity index (χ1v) is 8.25. The minimum absolute atomic E-state index is 0.112. The Labute approximate surface area is 140 Å². The summed E-state index contributed by atoms with van der Waals surface area (Å²) in [5.41, 5.74) is 1.98. The number of hydrogen-bond acceptors (Lipinski definition) is 4. The average molecular weight is 337 g/mol. The first kappa shape index (κ1) is 16.2. The Balaban J connectivity index is 1.58.